The van der Waals surface area contributed by atoms with E-state index in [2.05, 4.69) is 115 Å². The number of aromatic nitrogens is 3. The summed E-state index contributed by atoms with van der Waals surface area (Å²) in [4.78, 5) is 14.6. The van der Waals surface area contributed by atoms with E-state index >= 15 is 0 Å². The molecule has 0 radical (unpaired) electrons. The summed E-state index contributed by atoms with van der Waals surface area (Å²) in [7, 11) is 0. The zero-order valence-electron chi connectivity index (χ0n) is 28.6. The normalized spacial score (nSPS) is 11.4. The first kappa shape index (κ1) is 30.6. The van der Waals surface area contributed by atoms with Gasteiger partial charge in [-0.1, -0.05) is 170 Å². The lowest BCUT2D eigenvalue weighted by molar-refractivity contribution is 0.672. The van der Waals surface area contributed by atoms with Crippen LogP contribution in [0.3, 0.4) is 0 Å². The number of hydrogen-bond acceptors (Lipinski definition) is 4. The van der Waals surface area contributed by atoms with E-state index in [1.54, 1.807) is 0 Å². The number of para-hydroxylation sites is 1. The minimum atomic E-state index is 0.643. The van der Waals surface area contributed by atoms with Crippen molar-refractivity contribution in [1.82, 2.24) is 15.0 Å². The topological polar surface area (TPSA) is 51.8 Å². The Kier molecular flexibility index (Phi) is 7.43. The molecule has 0 bridgehead atoms. The zero-order valence-corrected chi connectivity index (χ0v) is 28.6. The SMILES string of the molecule is c1ccc(-c2ccc3c(-c4ccc(-c5ccc(-c6nc(-c7ccccc7)nc(-c7ccccc7)n6)cc5)cc4)cc4c5ccccc5oc4c3c2)cc1. The smallest absolute Gasteiger partial charge is 0.164 e. The largest absolute Gasteiger partial charge is 0.455 e. The third-order valence-corrected chi connectivity index (χ3v) is 9.96. The van der Waals surface area contributed by atoms with Gasteiger partial charge in [-0.15, -0.1) is 0 Å². The molecule has 0 aliphatic rings. The van der Waals surface area contributed by atoms with Crippen molar-refractivity contribution >= 4 is 32.7 Å². The lowest BCUT2D eigenvalue weighted by atomic mass is 9.92. The van der Waals surface area contributed by atoms with Crippen LogP contribution < -0.4 is 0 Å². The Morgan fingerprint density at radius 2 is 0.698 bits per heavy atom. The van der Waals surface area contributed by atoms with Crippen LogP contribution in [0.4, 0.5) is 0 Å². The summed E-state index contributed by atoms with van der Waals surface area (Å²) in [5.41, 5.74) is 11.6. The molecular formula is C49H31N3O. The minimum Gasteiger partial charge on any atom is -0.455 e. The molecule has 2 aromatic heterocycles. The molecule has 0 saturated heterocycles. The van der Waals surface area contributed by atoms with Gasteiger partial charge in [-0.3, -0.25) is 0 Å². The van der Waals surface area contributed by atoms with Gasteiger partial charge in [0.1, 0.15) is 11.2 Å². The Morgan fingerprint density at radius 1 is 0.283 bits per heavy atom. The average Bonchev–Trinajstić information content (AvgIpc) is 3.63. The Labute approximate surface area is 306 Å². The molecular weight excluding hydrogens is 647 g/mol. The van der Waals surface area contributed by atoms with E-state index in [1.807, 2.05) is 72.8 Å². The fourth-order valence-corrected chi connectivity index (χ4v) is 7.24. The molecule has 0 N–H and O–H groups in total. The van der Waals surface area contributed by atoms with Crippen LogP contribution in [0.5, 0.6) is 0 Å². The van der Waals surface area contributed by atoms with Gasteiger partial charge >= 0.3 is 0 Å². The van der Waals surface area contributed by atoms with Crippen molar-refractivity contribution in [2.75, 3.05) is 0 Å². The standard InChI is InChI=1S/C49H31N3O/c1-4-12-32(13-5-1)39-28-29-40-42(31-44-41-18-10-11-19-45(41)53-46(44)43(40)30-39)35-24-20-33(21-25-35)34-22-26-38(27-23-34)49-51-47(36-14-6-2-7-15-36)50-48(52-49)37-16-8-3-9-17-37/h1-31H. The van der Waals surface area contributed by atoms with Crippen molar-refractivity contribution in [2.24, 2.45) is 0 Å². The predicted octanol–water partition coefficient (Wildman–Crippen LogP) is 12.9. The van der Waals surface area contributed by atoms with Gasteiger partial charge in [-0.25, -0.2) is 15.0 Å². The van der Waals surface area contributed by atoms with E-state index in [4.69, 9.17) is 19.4 Å². The first-order valence-electron chi connectivity index (χ1n) is 17.8. The average molecular weight is 678 g/mol. The van der Waals surface area contributed by atoms with Crippen molar-refractivity contribution in [3.63, 3.8) is 0 Å². The summed E-state index contributed by atoms with van der Waals surface area (Å²) in [6.07, 6.45) is 0. The summed E-state index contributed by atoms with van der Waals surface area (Å²) in [5.74, 6) is 1.95. The molecule has 0 atom stereocenters. The second-order valence-corrected chi connectivity index (χ2v) is 13.2. The summed E-state index contributed by atoms with van der Waals surface area (Å²) >= 11 is 0. The minimum absolute atomic E-state index is 0.643. The summed E-state index contributed by atoms with van der Waals surface area (Å²) in [6.45, 7) is 0. The first-order valence-corrected chi connectivity index (χ1v) is 17.8. The molecule has 2 heterocycles. The van der Waals surface area contributed by atoms with E-state index < -0.39 is 0 Å². The van der Waals surface area contributed by atoms with Crippen LogP contribution in [0.25, 0.3) is 100 Å². The second-order valence-electron chi connectivity index (χ2n) is 13.2. The second kappa shape index (κ2) is 12.9. The van der Waals surface area contributed by atoms with E-state index in [1.165, 1.54) is 16.7 Å². The quantitative estimate of drug-likeness (QED) is 0.176. The van der Waals surface area contributed by atoms with Crippen molar-refractivity contribution < 1.29 is 4.42 Å². The Balaban J connectivity index is 1.02. The maximum atomic E-state index is 6.51. The Bertz CT molecular complexity index is 2840. The molecule has 0 amide bonds. The summed E-state index contributed by atoms with van der Waals surface area (Å²) in [6, 6.07) is 65.3. The number of furan rings is 1. The van der Waals surface area contributed by atoms with E-state index in [0.717, 1.165) is 66.1 Å². The molecule has 0 unspecified atom stereocenters. The predicted molar refractivity (Wildman–Crippen MR) is 217 cm³/mol. The van der Waals surface area contributed by atoms with Crippen LogP contribution in [0.15, 0.2) is 192 Å². The number of nitrogens with zero attached hydrogens (tertiary/aromatic N) is 3. The van der Waals surface area contributed by atoms with Gasteiger partial charge in [0.2, 0.25) is 0 Å². The van der Waals surface area contributed by atoms with Crippen molar-refractivity contribution in [3.8, 4) is 67.5 Å². The van der Waals surface area contributed by atoms with Crippen LogP contribution >= 0.6 is 0 Å². The molecule has 4 nitrogen and oxygen atoms in total. The molecule has 0 spiro atoms. The zero-order chi connectivity index (χ0) is 35.1. The lowest BCUT2D eigenvalue weighted by Crippen LogP contribution is -2.00. The third-order valence-electron chi connectivity index (χ3n) is 9.96. The van der Waals surface area contributed by atoms with Crippen LogP contribution in [-0.2, 0) is 0 Å². The monoisotopic (exact) mass is 677 g/mol. The third kappa shape index (κ3) is 5.63. The Morgan fingerprint density at radius 3 is 1.28 bits per heavy atom. The number of fused-ring (bicyclic) bond motifs is 5. The molecule has 0 aliphatic heterocycles. The van der Waals surface area contributed by atoms with Gasteiger partial charge in [0.25, 0.3) is 0 Å². The van der Waals surface area contributed by atoms with Gasteiger partial charge in [-0.05, 0) is 57.0 Å². The maximum Gasteiger partial charge on any atom is 0.164 e. The molecule has 0 aliphatic carbocycles. The van der Waals surface area contributed by atoms with E-state index in [-0.39, 0.29) is 0 Å². The number of hydrogen-bond donors (Lipinski definition) is 0. The van der Waals surface area contributed by atoms with Gasteiger partial charge in [-0.2, -0.15) is 0 Å². The molecule has 4 heteroatoms. The number of benzene rings is 8. The van der Waals surface area contributed by atoms with Gasteiger partial charge in [0.15, 0.2) is 17.5 Å². The highest BCUT2D eigenvalue weighted by Gasteiger charge is 2.17. The van der Waals surface area contributed by atoms with Gasteiger partial charge < -0.3 is 4.42 Å². The molecule has 0 fully saturated rings. The van der Waals surface area contributed by atoms with Crippen LogP contribution in [0.1, 0.15) is 0 Å². The van der Waals surface area contributed by atoms with Crippen LogP contribution in [0, 0.1) is 0 Å². The lowest BCUT2D eigenvalue weighted by Gasteiger charge is -2.12. The Hall–Kier alpha value is -7.17. The maximum absolute atomic E-state index is 6.51. The summed E-state index contributed by atoms with van der Waals surface area (Å²) < 4.78 is 6.51. The van der Waals surface area contributed by atoms with Crippen LogP contribution in [0.2, 0.25) is 0 Å². The fraction of sp³-hybridized carbons (Fsp3) is 0. The van der Waals surface area contributed by atoms with Crippen molar-refractivity contribution in [1.29, 1.82) is 0 Å². The van der Waals surface area contributed by atoms with Gasteiger partial charge in [0.05, 0.1) is 0 Å². The summed E-state index contributed by atoms with van der Waals surface area (Å²) in [5, 5.41) is 4.52. The molecule has 248 valence electrons. The fourth-order valence-electron chi connectivity index (χ4n) is 7.24. The van der Waals surface area contributed by atoms with E-state index in [0.29, 0.717) is 17.5 Å². The number of rotatable bonds is 6. The molecule has 53 heavy (non-hydrogen) atoms. The molecule has 10 rings (SSSR count). The highest BCUT2D eigenvalue weighted by atomic mass is 16.3. The van der Waals surface area contributed by atoms with E-state index in [9.17, 15) is 0 Å². The highest BCUT2D eigenvalue weighted by molar-refractivity contribution is 6.19. The first-order chi connectivity index (χ1) is 26.2. The highest BCUT2D eigenvalue weighted by Crippen LogP contribution is 2.41. The van der Waals surface area contributed by atoms with Crippen LogP contribution in [-0.4, -0.2) is 15.0 Å². The molecule has 8 aromatic carbocycles. The van der Waals surface area contributed by atoms with Crippen molar-refractivity contribution in [2.45, 2.75) is 0 Å². The molecule has 10 aromatic rings. The molecule has 0 saturated carbocycles. The van der Waals surface area contributed by atoms with Gasteiger partial charge in [0, 0.05) is 32.8 Å². The van der Waals surface area contributed by atoms with Crippen molar-refractivity contribution in [3.05, 3.63) is 188 Å².